The predicted molar refractivity (Wildman–Crippen MR) is 64.9 cm³/mol. The Kier molecular flexibility index (Phi) is 5.57. The van der Waals surface area contributed by atoms with Crippen molar-refractivity contribution in [2.75, 3.05) is 13.6 Å². The van der Waals surface area contributed by atoms with Gasteiger partial charge in [0, 0.05) is 6.04 Å². The number of nitrogens with zero attached hydrogens (tertiary/aromatic N) is 1. The summed E-state index contributed by atoms with van der Waals surface area (Å²) in [6.45, 7) is 4.89. The Morgan fingerprint density at radius 2 is 1.47 bits per heavy atom. The molecule has 0 amide bonds. The van der Waals surface area contributed by atoms with Crippen molar-refractivity contribution in [3.8, 4) is 0 Å². The summed E-state index contributed by atoms with van der Waals surface area (Å²) >= 11 is 0. The van der Waals surface area contributed by atoms with E-state index < -0.39 is 20.1 Å². The second-order valence-electron chi connectivity index (χ2n) is 4.63. The molecule has 0 unspecified atom stereocenters. The maximum Gasteiger partial charge on any atom is 0.343 e. The van der Waals surface area contributed by atoms with Crippen LogP contribution in [0.3, 0.4) is 0 Å². The van der Waals surface area contributed by atoms with Crippen LogP contribution in [0.5, 0.6) is 0 Å². The van der Waals surface area contributed by atoms with Crippen molar-refractivity contribution in [1.29, 1.82) is 0 Å². The molecule has 0 aromatic heterocycles. The molecule has 0 bridgehead atoms. The van der Waals surface area contributed by atoms with E-state index in [2.05, 4.69) is 0 Å². The van der Waals surface area contributed by atoms with Crippen molar-refractivity contribution >= 4 is 15.2 Å². The van der Waals surface area contributed by atoms with Gasteiger partial charge in [0.2, 0.25) is 0 Å². The lowest BCUT2D eigenvalue weighted by molar-refractivity contribution is 0.247. The highest BCUT2D eigenvalue weighted by Crippen LogP contribution is 2.70. The molecule has 0 aromatic rings. The second-order valence-corrected chi connectivity index (χ2v) is 9.13. The van der Waals surface area contributed by atoms with Crippen molar-refractivity contribution in [3.05, 3.63) is 0 Å². The van der Waals surface area contributed by atoms with Gasteiger partial charge >= 0.3 is 15.2 Å². The molecule has 0 aromatic carbocycles. The largest absolute Gasteiger partial charge is 0.343 e. The average Bonchev–Trinajstić information content (AvgIpc) is 2.09. The summed E-state index contributed by atoms with van der Waals surface area (Å²) in [7, 11) is -8.04. The molecule has 104 valence electrons. The Labute approximate surface area is 101 Å². The van der Waals surface area contributed by atoms with Crippen molar-refractivity contribution in [2.24, 2.45) is 0 Å². The lowest BCUT2D eigenvalue weighted by Gasteiger charge is -2.33. The summed E-state index contributed by atoms with van der Waals surface area (Å²) in [5.74, 6) is 0. The quantitative estimate of drug-likeness (QED) is 0.534. The SMILES string of the molecule is CC(C)N(C)CCC(C)(P(=O)(O)O)P(=O)(O)O. The molecule has 4 N–H and O–H groups in total. The van der Waals surface area contributed by atoms with E-state index in [1.807, 2.05) is 13.8 Å². The van der Waals surface area contributed by atoms with Crippen molar-refractivity contribution in [2.45, 2.75) is 38.1 Å². The molecule has 0 fully saturated rings. The summed E-state index contributed by atoms with van der Waals surface area (Å²) in [4.78, 5) is 35.9. The Morgan fingerprint density at radius 3 is 1.71 bits per heavy atom. The van der Waals surface area contributed by atoms with E-state index in [9.17, 15) is 9.13 Å². The molecule has 0 heterocycles. The van der Waals surface area contributed by atoms with E-state index in [-0.39, 0.29) is 19.0 Å². The molecule has 0 saturated carbocycles. The molecular formula is C8H21NO6P2. The normalized spacial score (nSPS) is 14.7. The highest BCUT2D eigenvalue weighted by Gasteiger charge is 2.55. The Balaban J connectivity index is 5.02. The summed E-state index contributed by atoms with van der Waals surface area (Å²) < 4.78 is 22.5. The van der Waals surface area contributed by atoms with Crippen LogP contribution in [0, 0.1) is 0 Å². The van der Waals surface area contributed by atoms with Gasteiger partial charge < -0.3 is 24.5 Å². The molecule has 0 saturated heterocycles. The monoisotopic (exact) mass is 289 g/mol. The number of hydrogen-bond acceptors (Lipinski definition) is 3. The maximum atomic E-state index is 11.3. The van der Waals surface area contributed by atoms with Gasteiger partial charge in [0.1, 0.15) is 0 Å². The van der Waals surface area contributed by atoms with E-state index in [4.69, 9.17) is 19.6 Å². The van der Waals surface area contributed by atoms with Crippen molar-refractivity contribution in [3.63, 3.8) is 0 Å². The summed E-state index contributed by atoms with van der Waals surface area (Å²) in [5.41, 5.74) is 0. The van der Waals surface area contributed by atoms with E-state index in [1.54, 1.807) is 11.9 Å². The molecule has 7 nitrogen and oxygen atoms in total. The van der Waals surface area contributed by atoms with Crippen molar-refractivity contribution < 1.29 is 28.7 Å². The zero-order chi connectivity index (χ0) is 14.1. The Morgan fingerprint density at radius 1 is 1.12 bits per heavy atom. The first kappa shape index (κ1) is 17.3. The van der Waals surface area contributed by atoms with Crippen molar-refractivity contribution in [1.82, 2.24) is 4.90 Å². The molecular weight excluding hydrogens is 268 g/mol. The minimum atomic E-state index is -4.89. The third kappa shape index (κ3) is 4.14. The van der Waals surface area contributed by atoms with Crippen LogP contribution in [0.25, 0.3) is 0 Å². The summed E-state index contributed by atoms with van der Waals surface area (Å²) in [5, 5.41) is 0. The molecule has 0 rings (SSSR count). The van der Waals surface area contributed by atoms with Gasteiger partial charge in [0.15, 0.2) is 4.90 Å². The topological polar surface area (TPSA) is 118 Å². The first-order valence-corrected chi connectivity index (χ1v) is 8.37. The van der Waals surface area contributed by atoms with Crippen LogP contribution in [0.1, 0.15) is 27.2 Å². The standard InChI is InChI=1S/C8H21NO6P2/c1-7(2)9(4)6-5-8(3,16(10,11)12)17(13,14)15/h7H,5-6H2,1-4H3,(H2,10,11,12)(H2,13,14,15). The van der Waals surface area contributed by atoms with Crippen LogP contribution < -0.4 is 0 Å². The van der Waals surface area contributed by atoms with Gasteiger partial charge in [-0.2, -0.15) is 0 Å². The minimum absolute atomic E-state index is 0.132. The van der Waals surface area contributed by atoms with Crippen LogP contribution in [0.15, 0.2) is 0 Å². The van der Waals surface area contributed by atoms with Gasteiger partial charge in [0.05, 0.1) is 0 Å². The fourth-order valence-electron chi connectivity index (χ4n) is 1.11. The second kappa shape index (κ2) is 5.49. The predicted octanol–water partition coefficient (Wildman–Crippen LogP) is 0.788. The molecule has 0 aliphatic rings. The fraction of sp³-hybridized carbons (Fsp3) is 1.00. The minimum Gasteiger partial charge on any atom is -0.324 e. The lowest BCUT2D eigenvalue weighted by Crippen LogP contribution is -2.34. The van der Waals surface area contributed by atoms with Crippen LogP contribution in [-0.2, 0) is 9.13 Å². The van der Waals surface area contributed by atoms with E-state index >= 15 is 0 Å². The maximum absolute atomic E-state index is 11.3. The van der Waals surface area contributed by atoms with Crippen LogP contribution in [-0.4, -0.2) is 49.0 Å². The lowest BCUT2D eigenvalue weighted by atomic mass is 10.2. The molecule has 0 radical (unpaired) electrons. The van der Waals surface area contributed by atoms with Gasteiger partial charge in [0.25, 0.3) is 0 Å². The van der Waals surface area contributed by atoms with Gasteiger partial charge in [-0.3, -0.25) is 9.13 Å². The number of hydrogen-bond donors (Lipinski definition) is 4. The zero-order valence-corrected chi connectivity index (χ0v) is 12.2. The van der Waals surface area contributed by atoms with Crippen LogP contribution in [0.2, 0.25) is 0 Å². The van der Waals surface area contributed by atoms with Gasteiger partial charge in [-0.15, -0.1) is 0 Å². The molecule has 0 atom stereocenters. The Hall–Kier alpha value is 0.260. The first-order chi connectivity index (χ1) is 7.33. The van der Waals surface area contributed by atoms with Crippen LogP contribution >= 0.6 is 15.2 Å². The molecule has 0 spiro atoms. The van der Waals surface area contributed by atoms with Gasteiger partial charge in [-0.1, -0.05) is 0 Å². The zero-order valence-electron chi connectivity index (χ0n) is 10.4. The molecule has 0 aliphatic heterocycles. The molecule has 9 heteroatoms. The van der Waals surface area contributed by atoms with E-state index in [0.29, 0.717) is 0 Å². The van der Waals surface area contributed by atoms with E-state index in [1.165, 1.54) is 0 Å². The van der Waals surface area contributed by atoms with Crippen LogP contribution in [0.4, 0.5) is 0 Å². The highest BCUT2D eigenvalue weighted by molar-refractivity contribution is 7.72. The third-order valence-electron chi connectivity index (χ3n) is 3.07. The third-order valence-corrected chi connectivity index (χ3v) is 7.60. The smallest absolute Gasteiger partial charge is 0.324 e. The molecule has 17 heavy (non-hydrogen) atoms. The van der Waals surface area contributed by atoms with Gasteiger partial charge in [-0.05, 0) is 40.8 Å². The number of rotatable bonds is 6. The highest BCUT2D eigenvalue weighted by atomic mass is 31.2. The molecule has 0 aliphatic carbocycles. The summed E-state index contributed by atoms with van der Waals surface area (Å²) in [6, 6.07) is 0.132. The van der Waals surface area contributed by atoms with E-state index in [0.717, 1.165) is 6.92 Å². The fourth-order valence-corrected chi connectivity index (χ4v) is 3.25. The summed E-state index contributed by atoms with van der Waals surface area (Å²) in [6.07, 6.45) is -0.268. The first-order valence-electron chi connectivity index (χ1n) is 5.14. The Bertz CT molecular complexity index is 324. The average molecular weight is 289 g/mol. The van der Waals surface area contributed by atoms with Gasteiger partial charge in [-0.25, -0.2) is 0 Å².